The Balaban J connectivity index is 2.28. The number of nitrogens with one attached hydrogen (secondary N) is 1. The number of carbonyl (C=O) groups is 1. The number of alkyl halides is 3. The molecule has 0 bridgehead atoms. The fraction of sp³-hybridized carbons (Fsp3) is 0.385. The first kappa shape index (κ1) is 30.5. The zero-order valence-corrected chi connectivity index (χ0v) is 22.6. The topological polar surface area (TPSA) is 115 Å². The molecule has 12 heteroatoms. The Labute approximate surface area is 221 Å². The molecule has 5 N–H and O–H groups in total. The molecule has 1 heterocycles. The lowest BCUT2D eigenvalue weighted by atomic mass is 10.1. The molecule has 1 aromatic heterocycles. The number of rotatable bonds is 11. The summed E-state index contributed by atoms with van der Waals surface area (Å²) in [6, 6.07) is 3.13. The highest BCUT2D eigenvalue weighted by atomic mass is 19.4. The first-order valence-electron chi connectivity index (χ1n) is 11.9. The second-order valence-electron chi connectivity index (χ2n) is 8.84. The maximum atomic E-state index is 13.5. The molecule has 0 aliphatic heterocycles. The first-order valence-corrected chi connectivity index (χ1v) is 11.9. The number of aromatic nitrogens is 2. The third-order valence-corrected chi connectivity index (χ3v) is 5.71. The Morgan fingerprint density at radius 3 is 2.47 bits per heavy atom. The van der Waals surface area contributed by atoms with Gasteiger partial charge in [-0.05, 0) is 52.6 Å². The minimum atomic E-state index is -4.61. The smallest absolute Gasteiger partial charge is 0.416 e. The van der Waals surface area contributed by atoms with E-state index in [4.69, 9.17) is 16.3 Å². The van der Waals surface area contributed by atoms with Crippen LogP contribution in [-0.2, 0) is 18.0 Å². The Morgan fingerprint density at radius 2 is 1.95 bits per heavy atom. The molecule has 9 nitrogen and oxygen atoms in total. The zero-order valence-electron chi connectivity index (χ0n) is 22.6. The number of likely N-dealkylation sites (N-methyl/N-ethyl adjacent to an activating group) is 1. The minimum Gasteiger partial charge on any atom is -0.492 e. The molecule has 0 radical (unpaired) electrons. The van der Waals surface area contributed by atoms with Crippen molar-refractivity contribution in [3.63, 3.8) is 0 Å². The Kier molecular flexibility index (Phi) is 10.5. The SMILES string of the molecule is C/C=C(\C=C(/CC)N(N)/C=C(\N)c1cnn(C)c1C)C(=O)Nc1cc(OCCN(C)C)cc(C(F)(F)F)c1. The van der Waals surface area contributed by atoms with Gasteiger partial charge < -0.3 is 20.7 Å². The lowest BCUT2D eigenvalue weighted by Gasteiger charge is -2.19. The molecule has 208 valence electrons. The highest BCUT2D eigenvalue weighted by Crippen LogP contribution is 2.34. The van der Waals surface area contributed by atoms with Crippen LogP contribution in [-0.4, -0.2) is 52.8 Å². The molecule has 2 aromatic rings. The maximum absolute atomic E-state index is 13.5. The highest BCUT2D eigenvalue weighted by Gasteiger charge is 2.31. The van der Waals surface area contributed by atoms with Crippen LogP contribution in [0.2, 0.25) is 0 Å². The molecular weight excluding hydrogens is 499 g/mol. The highest BCUT2D eigenvalue weighted by molar-refractivity contribution is 6.05. The van der Waals surface area contributed by atoms with Gasteiger partial charge in [0.15, 0.2) is 0 Å². The van der Waals surface area contributed by atoms with Crippen molar-refractivity contribution in [3.8, 4) is 5.75 Å². The molecule has 1 amide bonds. The lowest BCUT2D eigenvalue weighted by Crippen LogP contribution is -2.26. The summed E-state index contributed by atoms with van der Waals surface area (Å²) < 4.78 is 47.6. The molecule has 0 atom stereocenters. The Hall–Kier alpha value is -3.77. The van der Waals surface area contributed by atoms with Crippen molar-refractivity contribution < 1.29 is 22.7 Å². The minimum absolute atomic E-state index is 0.00299. The van der Waals surface area contributed by atoms with Gasteiger partial charge in [0.05, 0.1) is 17.5 Å². The lowest BCUT2D eigenvalue weighted by molar-refractivity contribution is -0.137. The number of nitrogens with zero attached hydrogens (tertiary/aromatic N) is 4. The van der Waals surface area contributed by atoms with Crippen LogP contribution < -0.4 is 21.6 Å². The molecule has 0 aliphatic rings. The van der Waals surface area contributed by atoms with E-state index in [1.54, 1.807) is 37.0 Å². The number of benzene rings is 1. The van der Waals surface area contributed by atoms with E-state index >= 15 is 0 Å². The van der Waals surface area contributed by atoms with Crippen molar-refractivity contribution in [3.05, 3.63) is 70.8 Å². The quantitative estimate of drug-likeness (QED) is 0.172. The summed E-state index contributed by atoms with van der Waals surface area (Å²) in [7, 11) is 5.44. The van der Waals surface area contributed by atoms with Crippen molar-refractivity contribution in [1.29, 1.82) is 0 Å². The maximum Gasteiger partial charge on any atom is 0.416 e. The predicted molar refractivity (Wildman–Crippen MR) is 142 cm³/mol. The standard InChI is InChI=1S/C26H36F3N7O2/c1-7-18(11-21(8-2)36(31)16-24(30)23-15-32-35(6)17(23)3)25(37)33-20-12-19(26(27,28)29)13-22(14-20)38-10-9-34(4)5/h7,11-16H,8-10,30-31H2,1-6H3,(H,33,37)/b18-7+,21-11+,24-16-. The van der Waals surface area contributed by atoms with Crippen LogP contribution in [0.3, 0.4) is 0 Å². The van der Waals surface area contributed by atoms with Crippen molar-refractivity contribution >= 4 is 17.3 Å². The zero-order chi connectivity index (χ0) is 28.6. The summed E-state index contributed by atoms with van der Waals surface area (Å²) in [4.78, 5) is 14.9. The van der Waals surface area contributed by atoms with Crippen LogP contribution in [0.4, 0.5) is 18.9 Å². The van der Waals surface area contributed by atoms with E-state index in [0.717, 1.165) is 23.4 Å². The van der Waals surface area contributed by atoms with E-state index in [9.17, 15) is 18.0 Å². The van der Waals surface area contributed by atoms with Crippen LogP contribution in [0.15, 0.2) is 54.0 Å². The fourth-order valence-electron chi connectivity index (χ4n) is 3.37. The van der Waals surface area contributed by atoms with E-state index < -0.39 is 17.6 Å². The van der Waals surface area contributed by atoms with E-state index in [-0.39, 0.29) is 23.6 Å². The monoisotopic (exact) mass is 535 g/mol. The molecule has 0 spiro atoms. The van der Waals surface area contributed by atoms with Gasteiger partial charge in [-0.25, -0.2) is 5.84 Å². The molecule has 1 aromatic carbocycles. The average Bonchev–Trinajstić information content (AvgIpc) is 3.16. The van der Waals surface area contributed by atoms with Crippen molar-refractivity contribution in [2.24, 2.45) is 18.6 Å². The molecule has 0 saturated heterocycles. The van der Waals surface area contributed by atoms with Crippen LogP contribution in [0.5, 0.6) is 5.75 Å². The molecule has 0 saturated carbocycles. The normalized spacial score (nSPS) is 13.2. The third kappa shape index (κ3) is 8.38. The number of halogens is 3. The second kappa shape index (κ2) is 13.2. The summed E-state index contributed by atoms with van der Waals surface area (Å²) >= 11 is 0. The Morgan fingerprint density at radius 1 is 1.26 bits per heavy atom. The van der Waals surface area contributed by atoms with Gasteiger partial charge in [0.1, 0.15) is 12.4 Å². The van der Waals surface area contributed by atoms with Gasteiger partial charge in [-0.15, -0.1) is 0 Å². The largest absolute Gasteiger partial charge is 0.492 e. The number of hydrogen-bond donors (Lipinski definition) is 3. The summed E-state index contributed by atoms with van der Waals surface area (Å²) in [6.07, 6.45) is 2.08. The molecule has 38 heavy (non-hydrogen) atoms. The number of hydrogen-bond acceptors (Lipinski definition) is 7. The van der Waals surface area contributed by atoms with Crippen LogP contribution in [0.1, 0.15) is 37.1 Å². The summed E-state index contributed by atoms with van der Waals surface area (Å²) in [5, 5.41) is 8.01. The Bertz CT molecular complexity index is 1210. The summed E-state index contributed by atoms with van der Waals surface area (Å²) in [5.41, 5.74) is 7.94. The molecule has 2 rings (SSSR count). The van der Waals surface area contributed by atoms with E-state index in [2.05, 4.69) is 10.4 Å². The van der Waals surface area contributed by atoms with E-state index in [0.29, 0.717) is 24.4 Å². The van der Waals surface area contributed by atoms with Gasteiger partial charge in [-0.2, -0.15) is 18.3 Å². The van der Waals surface area contributed by atoms with Gasteiger partial charge in [-0.1, -0.05) is 13.0 Å². The second-order valence-corrected chi connectivity index (χ2v) is 8.84. The first-order chi connectivity index (χ1) is 17.8. The number of allylic oxidation sites excluding steroid dienone is 2. The predicted octanol–water partition coefficient (Wildman–Crippen LogP) is 4.00. The van der Waals surface area contributed by atoms with Crippen LogP contribution in [0, 0.1) is 6.92 Å². The molecule has 0 fully saturated rings. The van der Waals surface area contributed by atoms with Gasteiger partial charge in [0.25, 0.3) is 5.91 Å². The average molecular weight is 536 g/mol. The van der Waals surface area contributed by atoms with Crippen molar-refractivity contribution in [1.82, 2.24) is 19.7 Å². The van der Waals surface area contributed by atoms with E-state index in [1.807, 2.05) is 32.8 Å². The number of carbonyl (C=O) groups excluding carboxylic acids is 1. The number of ether oxygens (including phenoxy) is 1. The third-order valence-electron chi connectivity index (χ3n) is 5.71. The van der Waals surface area contributed by atoms with Gasteiger partial charge in [0, 0.05) is 54.1 Å². The van der Waals surface area contributed by atoms with Crippen LogP contribution >= 0.6 is 0 Å². The number of aryl methyl sites for hydroxylation is 1. The summed E-state index contributed by atoms with van der Waals surface area (Å²) in [5.74, 6) is 5.61. The molecule has 0 unspecified atom stereocenters. The fourth-order valence-corrected chi connectivity index (χ4v) is 3.37. The van der Waals surface area contributed by atoms with Crippen LogP contribution in [0.25, 0.3) is 5.70 Å². The van der Waals surface area contributed by atoms with E-state index in [1.165, 1.54) is 17.3 Å². The number of nitrogens with two attached hydrogens (primary N) is 2. The van der Waals surface area contributed by atoms with Crippen molar-refractivity contribution in [2.45, 2.75) is 33.4 Å². The number of anilines is 1. The van der Waals surface area contributed by atoms with Crippen molar-refractivity contribution in [2.75, 3.05) is 32.6 Å². The molecular formula is C26H36F3N7O2. The number of amides is 1. The van der Waals surface area contributed by atoms with Gasteiger partial charge in [-0.3, -0.25) is 14.5 Å². The van der Waals surface area contributed by atoms with Gasteiger partial charge >= 0.3 is 6.18 Å². The molecule has 0 aliphatic carbocycles. The summed E-state index contributed by atoms with van der Waals surface area (Å²) in [6.45, 7) is 6.06. The number of hydrazine groups is 1. The van der Waals surface area contributed by atoms with Gasteiger partial charge in [0.2, 0.25) is 0 Å².